The smallest absolute Gasteiger partial charge is 0.222 e. The van der Waals surface area contributed by atoms with Gasteiger partial charge < -0.3 is 19.7 Å². The average molecular weight is 403 g/mol. The van der Waals surface area contributed by atoms with Gasteiger partial charge in [-0.1, -0.05) is 42.5 Å². The van der Waals surface area contributed by atoms with E-state index in [0.29, 0.717) is 32.7 Å². The van der Waals surface area contributed by atoms with Gasteiger partial charge in [-0.15, -0.1) is 12.4 Å². The minimum Gasteiger partial charge on any atom is -0.490 e. The summed E-state index contributed by atoms with van der Waals surface area (Å²) in [6, 6.07) is 16.5. The highest BCUT2D eigenvalue weighted by atomic mass is 35.5. The van der Waals surface area contributed by atoms with Gasteiger partial charge in [-0.2, -0.15) is 0 Å². The van der Waals surface area contributed by atoms with E-state index in [1.54, 1.807) is 0 Å². The lowest BCUT2D eigenvalue weighted by Crippen LogP contribution is -2.35. The highest BCUT2D eigenvalue weighted by molar-refractivity contribution is 5.85. The number of para-hydroxylation sites is 1. The molecular formula is C22H27ClN2O3. The van der Waals surface area contributed by atoms with Crippen molar-refractivity contribution in [2.75, 3.05) is 26.3 Å². The minimum absolute atomic E-state index is 0. The van der Waals surface area contributed by atoms with Crippen LogP contribution in [-0.4, -0.2) is 37.1 Å². The molecule has 28 heavy (non-hydrogen) atoms. The third kappa shape index (κ3) is 4.78. The molecule has 1 fully saturated rings. The van der Waals surface area contributed by atoms with E-state index < -0.39 is 0 Å². The van der Waals surface area contributed by atoms with Crippen LogP contribution in [0.3, 0.4) is 0 Å². The van der Waals surface area contributed by atoms with Crippen molar-refractivity contribution in [3.05, 3.63) is 59.7 Å². The summed E-state index contributed by atoms with van der Waals surface area (Å²) in [5.41, 5.74) is 2.28. The number of ether oxygens (including phenoxy) is 2. The van der Waals surface area contributed by atoms with Gasteiger partial charge in [0.2, 0.25) is 5.91 Å². The third-order valence-corrected chi connectivity index (χ3v) is 5.17. The third-order valence-electron chi connectivity index (χ3n) is 5.17. The number of amides is 1. The molecule has 0 bridgehead atoms. The Morgan fingerprint density at radius 1 is 1.00 bits per heavy atom. The molecule has 5 nitrogen and oxygen atoms in total. The van der Waals surface area contributed by atoms with Gasteiger partial charge in [-0.05, 0) is 18.1 Å². The number of fused-ring (bicyclic) bond motifs is 1. The van der Waals surface area contributed by atoms with Crippen LogP contribution < -0.4 is 14.8 Å². The van der Waals surface area contributed by atoms with Crippen LogP contribution in [0.2, 0.25) is 0 Å². The number of nitrogens with zero attached hydrogens (tertiary/aromatic N) is 1. The van der Waals surface area contributed by atoms with Crippen molar-refractivity contribution in [3.8, 4) is 11.5 Å². The number of carbonyl (C=O) groups excluding carboxylic acids is 1. The number of hydrogen-bond donors (Lipinski definition) is 1. The monoisotopic (exact) mass is 402 g/mol. The maximum atomic E-state index is 12.1. The number of likely N-dealkylation sites (tertiary alicyclic amines) is 1. The van der Waals surface area contributed by atoms with E-state index in [0.717, 1.165) is 36.4 Å². The minimum atomic E-state index is 0. The molecule has 2 aliphatic rings. The van der Waals surface area contributed by atoms with Crippen molar-refractivity contribution in [3.63, 3.8) is 0 Å². The molecule has 0 aliphatic carbocycles. The zero-order valence-corrected chi connectivity index (χ0v) is 16.7. The van der Waals surface area contributed by atoms with Crippen molar-refractivity contribution in [2.45, 2.75) is 31.8 Å². The molecule has 1 saturated heterocycles. The summed E-state index contributed by atoms with van der Waals surface area (Å²) < 4.78 is 11.7. The maximum Gasteiger partial charge on any atom is 0.222 e. The van der Waals surface area contributed by atoms with Crippen LogP contribution in [0.5, 0.6) is 11.5 Å². The van der Waals surface area contributed by atoms with Crippen molar-refractivity contribution in [2.24, 2.45) is 0 Å². The van der Waals surface area contributed by atoms with Crippen LogP contribution in [-0.2, 0) is 11.3 Å². The predicted molar refractivity (Wildman–Crippen MR) is 111 cm³/mol. The van der Waals surface area contributed by atoms with Gasteiger partial charge in [0.25, 0.3) is 0 Å². The first-order chi connectivity index (χ1) is 13.3. The maximum absolute atomic E-state index is 12.1. The highest BCUT2D eigenvalue weighted by Gasteiger charge is 2.24. The number of nitrogens with one attached hydrogen (secondary N) is 1. The van der Waals surface area contributed by atoms with E-state index in [9.17, 15) is 4.79 Å². The Morgan fingerprint density at radius 3 is 2.61 bits per heavy atom. The zero-order valence-electron chi connectivity index (χ0n) is 15.9. The molecule has 2 heterocycles. The van der Waals surface area contributed by atoms with Crippen LogP contribution in [0.1, 0.15) is 36.4 Å². The lowest BCUT2D eigenvalue weighted by atomic mass is 10.1. The van der Waals surface area contributed by atoms with Gasteiger partial charge in [0.15, 0.2) is 11.5 Å². The zero-order chi connectivity index (χ0) is 18.5. The molecule has 0 aromatic heterocycles. The van der Waals surface area contributed by atoms with Crippen molar-refractivity contribution in [1.82, 2.24) is 10.2 Å². The van der Waals surface area contributed by atoms with E-state index in [2.05, 4.69) is 23.5 Å². The molecular weight excluding hydrogens is 376 g/mol. The number of halogens is 1. The van der Waals surface area contributed by atoms with Crippen molar-refractivity contribution >= 4 is 18.3 Å². The molecule has 0 spiro atoms. The fourth-order valence-corrected chi connectivity index (χ4v) is 3.72. The van der Waals surface area contributed by atoms with Gasteiger partial charge in [-0.25, -0.2) is 0 Å². The molecule has 150 valence electrons. The highest BCUT2D eigenvalue weighted by Crippen LogP contribution is 2.33. The summed E-state index contributed by atoms with van der Waals surface area (Å²) in [4.78, 5) is 14.1. The summed E-state index contributed by atoms with van der Waals surface area (Å²) in [5, 5.41) is 3.64. The molecule has 2 aromatic carbocycles. The molecule has 2 aromatic rings. The first-order valence-corrected chi connectivity index (χ1v) is 9.75. The number of carbonyl (C=O) groups is 1. The molecule has 1 N–H and O–H groups in total. The quantitative estimate of drug-likeness (QED) is 0.800. The average Bonchev–Trinajstić information content (AvgIpc) is 2.95. The fraction of sp³-hybridized carbons (Fsp3) is 0.409. The Balaban J connectivity index is 0.00000225. The summed E-state index contributed by atoms with van der Waals surface area (Å²) in [7, 11) is 0. The molecule has 6 heteroatoms. The normalized spacial score (nSPS) is 17.0. The Bertz CT molecular complexity index is 785. The van der Waals surface area contributed by atoms with E-state index >= 15 is 0 Å². The molecule has 0 saturated carbocycles. The van der Waals surface area contributed by atoms with E-state index in [4.69, 9.17) is 9.47 Å². The number of hydrogen-bond acceptors (Lipinski definition) is 4. The molecule has 1 amide bonds. The Hall–Kier alpha value is -2.24. The molecule has 4 rings (SSSR count). The van der Waals surface area contributed by atoms with Gasteiger partial charge in [0.1, 0.15) is 0 Å². The predicted octanol–water partition coefficient (Wildman–Crippen LogP) is 3.72. The van der Waals surface area contributed by atoms with Crippen molar-refractivity contribution in [1.29, 1.82) is 0 Å². The van der Waals surface area contributed by atoms with Crippen LogP contribution in [0.15, 0.2) is 48.5 Å². The van der Waals surface area contributed by atoms with E-state index in [-0.39, 0.29) is 24.4 Å². The first kappa shape index (κ1) is 20.5. The SMILES string of the molecule is Cl.O=C1CCCN1CC(NCc1cccc2c1OCCCO2)c1ccccc1. The molecule has 1 unspecified atom stereocenters. The second-order valence-electron chi connectivity index (χ2n) is 7.08. The molecule has 0 radical (unpaired) electrons. The summed E-state index contributed by atoms with van der Waals surface area (Å²) in [6.45, 7) is 3.56. The standard InChI is InChI=1S/C22H26N2O3.ClH/c25-21-11-5-12-24(21)16-19(17-7-2-1-3-8-17)23-15-18-9-4-10-20-22(18)27-14-6-13-26-20;/h1-4,7-10,19,23H,5-6,11-16H2;1H. The van der Waals surface area contributed by atoms with Crippen molar-refractivity contribution < 1.29 is 14.3 Å². The Kier molecular flexibility index (Phi) is 7.18. The van der Waals surface area contributed by atoms with Crippen LogP contribution >= 0.6 is 12.4 Å². The van der Waals surface area contributed by atoms with Crippen LogP contribution in [0.25, 0.3) is 0 Å². The molecule has 1 atom stereocenters. The van der Waals surface area contributed by atoms with Gasteiger partial charge in [0.05, 0.1) is 19.3 Å². The first-order valence-electron chi connectivity index (χ1n) is 9.75. The second-order valence-corrected chi connectivity index (χ2v) is 7.08. The largest absolute Gasteiger partial charge is 0.490 e. The summed E-state index contributed by atoms with van der Waals surface area (Å²) in [6.07, 6.45) is 2.52. The Labute approximate surface area is 172 Å². The van der Waals surface area contributed by atoms with Gasteiger partial charge in [-0.3, -0.25) is 4.79 Å². The van der Waals surface area contributed by atoms with E-state index in [1.807, 2.05) is 35.2 Å². The summed E-state index contributed by atoms with van der Waals surface area (Å²) in [5.74, 6) is 1.91. The van der Waals surface area contributed by atoms with E-state index in [1.165, 1.54) is 5.56 Å². The fourth-order valence-electron chi connectivity index (χ4n) is 3.72. The topological polar surface area (TPSA) is 50.8 Å². The van der Waals surface area contributed by atoms with Gasteiger partial charge in [0, 0.05) is 38.0 Å². The van der Waals surface area contributed by atoms with Crippen LogP contribution in [0.4, 0.5) is 0 Å². The lowest BCUT2D eigenvalue weighted by molar-refractivity contribution is -0.128. The second kappa shape index (κ2) is 9.80. The molecule has 2 aliphatic heterocycles. The number of rotatable bonds is 6. The van der Waals surface area contributed by atoms with Crippen LogP contribution in [0, 0.1) is 0 Å². The van der Waals surface area contributed by atoms with Gasteiger partial charge >= 0.3 is 0 Å². The Morgan fingerprint density at radius 2 is 1.82 bits per heavy atom. The number of benzene rings is 2. The lowest BCUT2D eigenvalue weighted by Gasteiger charge is -2.26. The summed E-state index contributed by atoms with van der Waals surface area (Å²) >= 11 is 0.